The van der Waals surface area contributed by atoms with Crippen LogP contribution in [0.1, 0.15) is 39.5 Å². The molecule has 1 heterocycles. The number of anilines is 1. The molecule has 4 N–H and O–H groups in total. The van der Waals surface area contributed by atoms with Crippen molar-refractivity contribution in [2.24, 2.45) is 5.73 Å². The zero-order chi connectivity index (χ0) is 26.2. The van der Waals surface area contributed by atoms with E-state index >= 15 is 0 Å². The number of aromatic nitrogens is 3. The van der Waals surface area contributed by atoms with Gasteiger partial charge in [0.2, 0.25) is 0 Å². The summed E-state index contributed by atoms with van der Waals surface area (Å²) < 4.78 is 93.9. The summed E-state index contributed by atoms with van der Waals surface area (Å²) in [4.78, 5) is 17.0. The van der Waals surface area contributed by atoms with Gasteiger partial charge in [0.15, 0.2) is 5.82 Å². The van der Waals surface area contributed by atoms with Crippen LogP contribution in [0.2, 0.25) is 0 Å². The van der Waals surface area contributed by atoms with Crippen molar-refractivity contribution in [3.63, 3.8) is 0 Å². The van der Waals surface area contributed by atoms with Crippen LogP contribution in [-0.4, -0.2) is 33.4 Å². The molecule has 0 fully saturated rings. The van der Waals surface area contributed by atoms with E-state index in [1.165, 1.54) is 32.3 Å². The number of amides is 1. The minimum Gasteiger partial charge on any atom is -0.326 e. The third-order valence-electron chi connectivity index (χ3n) is 5.46. The van der Waals surface area contributed by atoms with Crippen LogP contribution in [0, 0.1) is 6.92 Å². The van der Waals surface area contributed by atoms with E-state index in [1.807, 2.05) is 0 Å². The molecule has 2 aromatic carbocycles. The molecule has 0 bridgehead atoms. The smallest absolute Gasteiger partial charge is 0.326 e. The second-order valence-corrected chi connectivity index (χ2v) is 7.69. The number of alkyl halides is 7. The summed E-state index contributed by atoms with van der Waals surface area (Å²) in [5.41, 5.74) is -0.545. The molecule has 0 radical (unpaired) electrons. The Morgan fingerprint density at radius 1 is 1.03 bits per heavy atom. The van der Waals surface area contributed by atoms with Crippen molar-refractivity contribution < 1.29 is 35.5 Å². The predicted octanol–water partition coefficient (Wildman–Crippen LogP) is 5.34. The summed E-state index contributed by atoms with van der Waals surface area (Å²) in [5, 5.41) is 8.99. The number of nitrogens with one attached hydrogen (secondary N) is 2. The van der Waals surface area contributed by atoms with Crippen LogP contribution in [0.4, 0.5) is 36.4 Å². The summed E-state index contributed by atoms with van der Waals surface area (Å²) in [5.74, 6) is -0.428. The van der Waals surface area contributed by atoms with Gasteiger partial charge in [-0.05, 0) is 48.2 Å². The van der Waals surface area contributed by atoms with Crippen LogP contribution in [0.25, 0.3) is 11.4 Å². The Labute approximate surface area is 194 Å². The highest BCUT2D eigenvalue weighted by Gasteiger charge is 2.73. The number of aryl methyl sites for hydroxylation is 2. The number of carbonyl (C=O) groups is 1. The highest BCUT2D eigenvalue weighted by molar-refractivity contribution is 6.05. The van der Waals surface area contributed by atoms with E-state index in [0.29, 0.717) is 23.3 Å². The monoisotopic (exact) mass is 503 g/mol. The molecule has 13 heteroatoms. The SMILES string of the molecule is CCc1cc(C(F)(C(F)(F)F)C(F)(F)F)cc(C)c1NC(=O)c1ccc(CN)c(-c2nc[nH]n2)c1. The number of carbonyl (C=O) groups excluding carboxylic acids is 1. The molecule has 0 saturated carbocycles. The third-order valence-corrected chi connectivity index (χ3v) is 5.46. The fourth-order valence-corrected chi connectivity index (χ4v) is 3.63. The molecule has 1 aromatic heterocycles. The largest absolute Gasteiger partial charge is 0.435 e. The number of halogens is 7. The van der Waals surface area contributed by atoms with Gasteiger partial charge in [0, 0.05) is 28.9 Å². The number of benzene rings is 2. The van der Waals surface area contributed by atoms with Crippen molar-refractivity contribution >= 4 is 11.6 Å². The van der Waals surface area contributed by atoms with Gasteiger partial charge in [-0.25, -0.2) is 9.37 Å². The average Bonchev–Trinajstić information content (AvgIpc) is 3.32. The van der Waals surface area contributed by atoms with E-state index in [-0.39, 0.29) is 41.2 Å². The van der Waals surface area contributed by atoms with Gasteiger partial charge in [0.05, 0.1) is 0 Å². The number of hydrogen-bond donors (Lipinski definition) is 3. The maximum absolute atomic E-state index is 14.6. The maximum Gasteiger partial charge on any atom is 0.435 e. The van der Waals surface area contributed by atoms with E-state index in [9.17, 15) is 35.5 Å². The first-order chi connectivity index (χ1) is 16.2. The van der Waals surface area contributed by atoms with Crippen molar-refractivity contribution in [3.8, 4) is 11.4 Å². The molecule has 1 amide bonds. The van der Waals surface area contributed by atoms with Gasteiger partial charge in [0.25, 0.3) is 5.91 Å². The molecule has 3 rings (SSSR count). The lowest BCUT2D eigenvalue weighted by molar-refractivity contribution is -0.348. The third kappa shape index (κ3) is 4.72. The number of H-pyrrole nitrogens is 1. The van der Waals surface area contributed by atoms with E-state index < -0.39 is 29.5 Å². The van der Waals surface area contributed by atoms with Gasteiger partial charge in [-0.2, -0.15) is 31.4 Å². The van der Waals surface area contributed by atoms with Crippen molar-refractivity contribution in [1.82, 2.24) is 15.2 Å². The summed E-state index contributed by atoms with van der Waals surface area (Å²) in [6.07, 6.45) is -11.2. The molecule has 0 unspecified atom stereocenters. The van der Waals surface area contributed by atoms with E-state index in [4.69, 9.17) is 5.73 Å². The topological polar surface area (TPSA) is 96.7 Å². The fourth-order valence-electron chi connectivity index (χ4n) is 3.63. The lowest BCUT2D eigenvalue weighted by Crippen LogP contribution is -2.50. The lowest BCUT2D eigenvalue weighted by Gasteiger charge is -2.31. The highest BCUT2D eigenvalue weighted by Crippen LogP contribution is 2.53. The molecular formula is C22H20F7N5O. The van der Waals surface area contributed by atoms with Crippen LogP contribution >= 0.6 is 0 Å². The minimum atomic E-state index is -6.24. The van der Waals surface area contributed by atoms with Crippen LogP contribution in [0.3, 0.4) is 0 Å². The van der Waals surface area contributed by atoms with Crippen LogP contribution in [-0.2, 0) is 18.6 Å². The first-order valence-corrected chi connectivity index (χ1v) is 10.2. The summed E-state index contributed by atoms with van der Waals surface area (Å²) in [6.45, 7) is 2.75. The number of hydrogen-bond acceptors (Lipinski definition) is 4. The summed E-state index contributed by atoms with van der Waals surface area (Å²) >= 11 is 0. The van der Waals surface area contributed by atoms with Gasteiger partial charge in [0.1, 0.15) is 6.33 Å². The standard InChI is InChI=1S/C22H20F7N5O/c1-3-12-7-15(20(23,21(24,25)26)22(27,28)29)6-11(2)17(12)33-19(35)13-4-5-14(9-30)16(8-13)18-31-10-32-34-18/h4-8,10H,3,9,30H2,1-2H3,(H,33,35)(H,31,32,34). The summed E-state index contributed by atoms with van der Waals surface area (Å²) in [7, 11) is 0. The Kier molecular flexibility index (Phi) is 6.93. The Morgan fingerprint density at radius 2 is 1.69 bits per heavy atom. The van der Waals surface area contributed by atoms with Crippen LogP contribution < -0.4 is 11.1 Å². The molecule has 3 aromatic rings. The molecule has 0 spiro atoms. The predicted molar refractivity (Wildman–Crippen MR) is 113 cm³/mol. The van der Waals surface area contributed by atoms with Gasteiger partial charge in [-0.3, -0.25) is 9.89 Å². The molecule has 0 aliphatic carbocycles. The number of aromatic amines is 1. The molecule has 0 aliphatic rings. The molecular weight excluding hydrogens is 483 g/mol. The molecule has 0 atom stereocenters. The van der Waals surface area contributed by atoms with Gasteiger partial charge < -0.3 is 11.1 Å². The fraction of sp³-hybridized carbons (Fsp3) is 0.318. The molecule has 0 saturated heterocycles. The minimum absolute atomic E-state index is 0.0182. The molecule has 35 heavy (non-hydrogen) atoms. The zero-order valence-corrected chi connectivity index (χ0v) is 18.4. The Morgan fingerprint density at radius 3 is 2.20 bits per heavy atom. The highest BCUT2D eigenvalue weighted by atomic mass is 19.4. The van der Waals surface area contributed by atoms with Crippen molar-refractivity contribution in [2.45, 2.75) is 44.8 Å². The number of rotatable bonds is 6. The van der Waals surface area contributed by atoms with Gasteiger partial charge in [-0.15, -0.1) is 0 Å². The van der Waals surface area contributed by atoms with Crippen molar-refractivity contribution in [2.75, 3.05) is 5.32 Å². The maximum atomic E-state index is 14.6. The molecule has 6 nitrogen and oxygen atoms in total. The first-order valence-electron chi connectivity index (χ1n) is 10.2. The first kappa shape index (κ1) is 26.1. The summed E-state index contributed by atoms with van der Waals surface area (Å²) in [6, 6.07) is 5.38. The second-order valence-electron chi connectivity index (χ2n) is 7.69. The van der Waals surface area contributed by atoms with Crippen molar-refractivity contribution in [3.05, 3.63) is 64.5 Å². The number of nitrogens with zero attached hydrogens (tertiary/aromatic N) is 2. The molecule has 188 valence electrons. The second kappa shape index (κ2) is 9.29. The zero-order valence-electron chi connectivity index (χ0n) is 18.4. The van der Waals surface area contributed by atoms with E-state index in [2.05, 4.69) is 20.5 Å². The Hall–Kier alpha value is -3.48. The van der Waals surface area contributed by atoms with Crippen molar-refractivity contribution in [1.29, 1.82) is 0 Å². The van der Waals surface area contributed by atoms with Crippen LogP contribution in [0.5, 0.6) is 0 Å². The molecule has 0 aliphatic heterocycles. The Bertz CT molecular complexity index is 1210. The average molecular weight is 503 g/mol. The van der Waals surface area contributed by atoms with E-state index in [0.717, 1.165) is 0 Å². The van der Waals surface area contributed by atoms with Gasteiger partial charge >= 0.3 is 18.0 Å². The lowest BCUT2D eigenvalue weighted by atomic mass is 9.89. The van der Waals surface area contributed by atoms with Gasteiger partial charge in [-0.1, -0.05) is 19.1 Å². The quantitative estimate of drug-likeness (QED) is 0.396. The Balaban J connectivity index is 2.03. The number of nitrogens with two attached hydrogens (primary N) is 1. The van der Waals surface area contributed by atoms with Crippen LogP contribution in [0.15, 0.2) is 36.7 Å². The normalized spacial score (nSPS) is 12.6. The van der Waals surface area contributed by atoms with E-state index in [1.54, 1.807) is 6.07 Å².